The number of hydrogen-bond donors (Lipinski definition) is 0. The van der Waals surface area contributed by atoms with Crippen LogP contribution in [0.4, 0.5) is 0 Å². The number of nitrogens with zero attached hydrogens (tertiary/aromatic N) is 1. The number of thiophene rings is 1. The maximum Gasteiger partial charge on any atom is 0.249 e. The molecular formula is C12H17NO2S. The van der Waals surface area contributed by atoms with Gasteiger partial charge in [-0.3, -0.25) is 4.79 Å². The smallest absolute Gasteiger partial charge is 0.249 e. The molecular weight excluding hydrogens is 222 g/mol. The van der Waals surface area contributed by atoms with Crippen molar-refractivity contribution >= 4 is 17.2 Å². The fourth-order valence-electron chi connectivity index (χ4n) is 2.34. The van der Waals surface area contributed by atoms with Crippen molar-refractivity contribution in [1.82, 2.24) is 4.90 Å². The number of rotatable bonds is 3. The van der Waals surface area contributed by atoms with Crippen molar-refractivity contribution in [2.24, 2.45) is 0 Å². The van der Waals surface area contributed by atoms with Gasteiger partial charge in [0.2, 0.25) is 5.91 Å². The number of ether oxygens (including phenoxy) is 1. The number of fused-ring (bicyclic) bond motifs is 1. The van der Waals surface area contributed by atoms with Crippen molar-refractivity contribution in [3.63, 3.8) is 0 Å². The number of amides is 1. The molecule has 0 radical (unpaired) electrons. The van der Waals surface area contributed by atoms with Crippen LogP contribution < -0.4 is 0 Å². The summed E-state index contributed by atoms with van der Waals surface area (Å²) in [4.78, 5) is 15.3. The fraction of sp³-hybridized carbons (Fsp3) is 0.583. The number of carbonyl (C=O) groups excluding carboxylic acids is 1. The van der Waals surface area contributed by atoms with Crippen molar-refractivity contribution < 1.29 is 9.53 Å². The highest BCUT2D eigenvalue weighted by atomic mass is 32.1. The van der Waals surface area contributed by atoms with Crippen LogP contribution in [0.5, 0.6) is 0 Å². The molecule has 0 bridgehead atoms. The Morgan fingerprint density at radius 1 is 1.69 bits per heavy atom. The van der Waals surface area contributed by atoms with Crippen LogP contribution in [0.3, 0.4) is 0 Å². The van der Waals surface area contributed by atoms with Crippen LogP contribution in [0, 0.1) is 0 Å². The predicted octanol–water partition coefficient (Wildman–Crippen LogP) is 2.23. The van der Waals surface area contributed by atoms with Crippen molar-refractivity contribution in [2.45, 2.75) is 25.8 Å². The van der Waals surface area contributed by atoms with Gasteiger partial charge in [0.1, 0.15) is 6.61 Å². The molecule has 0 aromatic carbocycles. The zero-order chi connectivity index (χ0) is 11.5. The second-order valence-electron chi connectivity index (χ2n) is 3.99. The molecule has 0 saturated heterocycles. The lowest BCUT2D eigenvalue weighted by atomic mass is 9.98. The van der Waals surface area contributed by atoms with Crippen LogP contribution in [-0.2, 0) is 16.0 Å². The average molecular weight is 239 g/mol. The summed E-state index contributed by atoms with van der Waals surface area (Å²) in [6.45, 7) is 3.15. The molecule has 2 rings (SSSR count). The van der Waals surface area contributed by atoms with Gasteiger partial charge in [-0.2, -0.15) is 0 Å². The lowest BCUT2D eigenvalue weighted by Gasteiger charge is -2.35. The van der Waals surface area contributed by atoms with Crippen molar-refractivity contribution in [3.05, 3.63) is 21.9 Å². The van der Waals surface area contributed by atoms with Crippen molar-refractivity contribution in [2.75, 3.05) is 20.3 Å². The van der Waals surface area contributed by atoms with Crippen LogP contribution in [0.2, 0.25) is 0 Å². The van der Waals surface area contributed by atoms with E-state index in [1.165, 1.54) is 10.4 Å². The minimum absolute atomic E-state index is 0.103. The van der Waals surface area contributed by atoms with Gasteiger partial charge in [0.15, 0.2) is 0 Å². The van der Waals surface area contributed by atoms with Crippen LogP contribution in [0.1, 0.15) is 29.8 Å². The highest BCUT2D eigenvalue weighted by Crippen LogP contribution is 2.35. The molecule has 1 amide bonds. The molecule has 88 valence electrons. The molecule has 0 saturated carbocycles. The van der Waals surface area contributed by atoms with Gasteiger partial charge in [0.05, 0.1) is 6.04 Å². The molecule has 1 aliphatic heterocycles. The summed E-state index contributed by atoms with van der Waals surface area (Å²) in [7, 11) is 1.57. The zero-order valence-electron chi connectivity index (χ0n) is 9.73. The average Bonchev–Trinajstić information content (AvgIpc) is 2.75. The van der Waals surface area contributed by atoms with E-state index in [4.69, 9.17) is 4.74 Å². The molecule has 1 atom stereocenters. The molecule has 0 fully saturated rings. The SMILES string of the molecule is CCC1c2ccsc2CCN1C(=O)COC. The Hall–Kier alpha value is -0.870. The van der Waals surface area contributed by atoms with E-state index in [1.807, 2.05) is 4.90 Å². The van der Waals surface area contributed by atoms with Gasteiger partial charge in [-0.05, 0) is 29.9 Å². The van der Waals surface area contributed by atoms with E-state index in [1.54, 1.807) is 18.4 Å². The van der Waals surface area contributed by atoms with Crippen LogP contribution >= 0.6 is 11.3 Å². The number of methoxy groups -OCH3 is 1. The van der Waals surface area contributed by atoms with Gasteiger partial charge in [-0.25, -0.2) is 0 Å². The molecule has 1 aliphatic rings. The van der Waals surface area contributed by atoms with Gasteiger partial charge in [-0.1, -0.05) is 6.92 Å². The molecule has 1 unspecified atom stereocenters. The summed E-state index contributed by atoms with van der Waals surface area (Å²) >= 11 is 1.80. The third kappa shape index (κ3) is 1.99. The highest BCUT2D eigenvalue weighted by molar-refractivity contribution is 7.10. The van der Waals surface area contributed by atoms with E-state index in [2.05, 4.69) is 18.4 Å². The van der Waals surface area contributed by atoms with Crippen LogP contribution in [0.15, 0.2) is 11.4 Å². The van der Waals surface area contributed by atoms with E-state index >= 15 is 0 Å². The molecule has 4 heteroatoms. The van der Waals surface area contributed by atoms with Crippen LogP contribution in [-0.4, -0.2) is 31.1 Å². The van der Waals surface area contributed by atoms with E-state index in [9.17, 15) is 4.79 Å². The molecule has 0 spiro atoms. The second kappa shape index (κ2) is 4.97. The Balaban J connectivity index is 2.21. The summed E-state index contributed by atoms with van der Waals surface area (Å²) in [5, 5.41) is 2.12. The van der Waals surface area contributed by atoms with Gasteiger partial charge in [0, 0.05) is 18.5 Å². The molecule has 3 nitrogen and oxygen atoms in total. The lowest BCUT2D eigenvalue weighted by Crippen LogP contribution is -2.41. The Morgan fingerprint density at radius 3 is 3.19 bits per heavy atom. The first kappa shape index (κ1) is 11.6. The zero-order valence-corrected chi connectivity index (χ0v) is 10.5. The minimum Gasteiger partial charge on any atom is -0.375 e. The third-order valence-electron chi connectivity index (χ3n) is 3.07. The van der Waals surface area contributed by atoms with Gasteiger partial charge in [-0.15, -0.1) is 11.3 Å². The normalized spacial score (nSPS) is 19.6. The minimum atomic E-state index is 0.103. The third-order valence-corrected chi connectivity index (χ3v) is 4.07. The highest BCUT2D eigenvalue weighted by Gasteiger charge is 2.29. The summed E-state index contributed by atoms with van der Waals surface area (Å²) < 4.78 is 4.93. The Morgan fingerprint density at radius 2 is 2.50 bits per heavy atom. The lowest BCUT2D eigenvalue weighted by molar-refractivity contribution is -0.138. The first-order valence-electron chi connectivity index (χ1n) is 5.62. The first-order valence-corrected chi connectivity index (χ1v) is 6.50. The standard InChI is InChI=1S/C12H17NO2S/c1-3-10-9-5-7-16-11(9)4-6-13(10)12(14)8-15-2/h5,7,10H,3-4,6,8H2,1-2H3. The molecule has 1 aromatic rings. The summed E-state index contributed by atoms with van der Waals surface area (Å²) in [6.07, 6.45) is 1.96. The van der Waals surface area contributed by atoms with E-state index < -0.39 is 0 Å². The summed E-state index contributed by atoms with van der Waals surface area (Å²) in [5.41, 5.74) is 1.34. The summed E-state index contributed by atoms with van der Waals surface area (Å²) in [5.74, 6) is 0.103. The fourth-order valence-corrected chi connectivity index (χ4v) is 3.27. The summed E-state index contributed by atoms with van der Waals surface area (Å²) in [6, 6.07) is 2.40. The molecule has 16 heavy (non-hydrogen) atoms. The molecule has 0 aliphatic carbocycles. The number of carbonyl (C=O) groups is 1. The topological polar surface area (TPSA) is 29.5 Å². The molecule has 2 heterocycles. The maximum absolute atomic E-state index is 11.9. The first-order chi connectivity index (χ1) is 7.77. The van der Waals surface area contributed by atoms with E-state index in [-0.39, 0.29) is 18.6 Å². The van der Waals surface area contributed by atoms with Crippen molar-refractivity contribution in [1.29, 1.82) is 0 Å². The van der Waals surface area contributed by atoms with Gasteiger partial charge in [0.25, 0.3) is 0 Å². The van der Waals surface area contributed by atoms with Crippen molar-refractivity contribution in [3.8, 4) is 0 Å². The van der Waals surface area contributed by atoms with Gasteiger partial charge < -0.3 is 9.64 Å². The Bertz CT molecular complexity index is 375. The molecule has 0 N–H and O–H groups in total. The monoisotopic (exact) mass is 239 g/mol. The maximum atomic E-state index is 11.9. The second-order valence-corrected chi connectivity index (χ2v) is 4.99. The quantitative estimate of drug-likeness (QED) is 0.809. The van der Waals surface area contributed by atoms with E-state index in [0.29, 0.717) is 0 Å². The van der Waals surface area contributed by atoms with Gasteiger partial charge >= 0.3 is 0 Å². The Kier molecular flexibility index (Phi) is 3.61. The molecule has 1 aromatic heterocycles. The predicted molar refractivity (Wildman–Crippen MR) is 64.6 cm³/mol. The van der Waals surface area contributed by atoms with E-state index in [0.717, 1.165) is 19.4 Å². The largest absolute Gasteiger partial charge is 0.375 e. The Labute approximate surface area is 100 Å². The van der Waals surface area contributed by atoms with Crippen LogP contribution in [0.25, 0.3) is 0 Å². The number of hydrogen-bond acceptors (Lipinski definition) is 3.